The molecule has 0 aliphatic heterocycles. The first kappa shape index (κ1) is 14.4. The second kappa shape index (κ2) is 7.69. The van der Waals surface area contributed by atoms with E-state index in [2.05, 4.69) is 19.2 Å². The number of aliphatic hydroxyl groups is 1. The van der Waals surface area contributed by atoms with Crippen molar-refractivity contribution in [2.24, 2.45) is 11.8 Å². The normalized spacial score (nSPS) is 13.3. The van der Waals surface area contributed by atoms with Gasteiger partial charge < -0.3 is 10.4 Å². The summed E-state index contributed by atoms with van der Waals surface area (Å²) in [6.45, 7) is 8.46. The van der Waals surface area contributed by atoms with E-state index in [1.54, 1.807) is 0 Å². The summed E-state index contributed by atoms with van der Waals surface area (Å²) in [5, 5.41) is 12.3. The first-order valence-corrected chi connectivity index (χ1v) is 5.95. The number of hydrogen-bond donors (Lipinski definition) is 2. The Labute approximate surface area is 93.3 Å². The summed E-state index contributed by atoms with van der Waals surface area (Å²) in [5.41, 5.74) is 0. The van der Waals surface area contributed by atoms with Gasteiger partial charge in [0.2, 0.25) is 5.91 Å². The first-order valence-electron chi connectivity index (χ1n) is 5.95. The van der Waals surface area contributed by atoms with Gasteiger partial charge in [0.25, 0.3) is 0 Å². The van der Waals surface area contributed by atoms with E-state index in [9.17, 15) is 9.90 Å². The topological polar surface area (TPSA) is 49.3 Å². The maximum Gasteiger partial charge on any atom is 0.220 e. The van der Waals surface area contributed by atoms with Crippen molar-refractivity contribution in [1.29, 1.82) is 0 Å². The van der Waals surface area contributed by atoms with Crippen molar-refractivity contribution in [3.05, 3.63) is 0 Å². The van der Waals surface area contributed by atoms with E-state index in [4.69, 9.17) is 0 Å². The molecule has 0 aromatic carbocycles. The summed E-state index contributed by atoms with van der Waals surface area (Å²) in [5.74, 6) is 0.725. The summed E-state index contributed by atoms with van der Waals surface area (Å²) in [4.78, 5) is 11.5. The molecule has 0 saturated heterocycles. The zero-order valence-electron chi connectivity index (χ0n) is 10.4. The molecule has 1 atom stereocenters. The average Bonchev–Trinajstić information content (AvgIpc) is 2.22. The van der Waals surface area contributed by atoms with Crippen LogP contribution in [0.1, 0.15) is 47.0 Å². The highest BCUT2D eigenvalue weighted by molar-refractivity contribution is 5.76. The molecule has 0 spiro atoms. The third-order valence-corrected chi connectivity index (χ3v) is 2.91. The Morgan fingerprint density at radius 1 is 1.27 bits per heavy atom. The minimum atomic E-state index is -0.435. The Hall–Kier alpha value is -0.570. The smallest absolute Gasteiger partial charge is 0.220 e. The van der Waals surface area contributed by atoms with Gasteiger partial charge >= 0.3 is 0 Å². The Morgan fingerprint density at radius 3 is 2.20 bits per heavy atom. The van der Waals surface area contributed by atoms with Crippen molar-refractivity contribution in [2.75, 3.05) is 6.54 Å². The van der Waals surface area contributed by atoms with Gasteiger partial charge in [0.1, 0.15) is 0 Å². The number of nitrogens with one attached hydrogen (secondary N) is 1. The quantitative estimate of drug-likeness (QED) is 0.682. The monoisotopic (exact) mass is 215 g/mol. The summed E-state index contributed by atoms with van der Waals surface area (Å²) < 4.78 is 0. The van der Waals surface area contributed by atoms with E-state index in [0.717, 1.165) is 12.8 Å². The summed E-state index contributed by atoms with van der Waals surface area (Å²) in [6, 6.07) is 0. The Kier molecular flexibility index (Phi) is 7.39. The van der Waals surface area contributed by atoms with Crippen LogP contribution in [0.2, 0.25) is 0 Å². The third-order valence-electron chi connectivity index (χ3n) is 2.91. The largest absolute Gasteiger partial charge is 0.391 e. The molecule has 15 heavy (non-hydrogen) atoms. The fourth-order valence-corrected chi connectivity index (χ4v) is 1.37. The molecule has 0 aromatic rings. The van der Waals surface area contributed by atoms with Crippen LogP contribution in [0, 0.1) is 11.8 Å². The SMILES string of the molecule is CCC(CC)CC(=O)NCC(O)C(C)C. The fraction of sp³-hybridized carbons (Fsp3) is 0.917. The minimum Gasteiger partial charge on any atom is -0.391 e. The second-order valence-electron chi connectivity index (χ2n) is 4.50. The molecule has 0 radical (unpaired) electrons. The van der Waals surface area contributed by atoms with E-state index < -0.39 is 6.10 Å². The Balaban J connectivity index is 3.74. The van der Waals surface area contributed by atoms with Gasteiger partial charge in [0.15, 0.2) is 0 Å². The number of hydrogen-bond acceptors (Lipinski definition) is 2. The highest BCUT2D eigenvalue weighted by atomic mass is 16.3. The van der Waals surface area contributed by atoms with E-state index in [0.29, 0.717) is 18.9 Å². The van der Waals surface area contributed by atoms with Crippen LogP contribution >= 0.6 is 0 Å². The number of carbonyl (C=O) groups is 1. The van der Waals surface area contributed by atoms with Crippen LogP contribution in [0.5, 0.6) is 0 Å². The van der Waals surface area contributed by atoms with E-state index in [-0.39, 0.29) is 11.8 Å². The molecule has 90 valence electrons. The van der Waals surface area contributed by atoms with Crippen molar-refractivity contribution < 1.29 is 9.90 Å². The number of aliphatic hydroxyl groups excluding tert-OH is 1. The predicted molar refractivity (Wildman–Crippen MR) is 62.5 cm³/mol. The predicted octanol–water partition coefficient (Wildman–Crippen LogP) is 1.95. The van der Waals surface area contributed by atoms with Gasteiger partial charge in [-0.15, -0.1) is 0 Å². The molecule has 0 aromatic heterocycles. The maximum absolute atomic E-state index is 11.5. The molecular formula is C12H25NO2. The van der Waals surface area contributed by atoms with Gasteiger partial charge in [-0.05, 0) is 11.8 Å². The van der Waals surface area contributed by atoms with Crippen molar-refractivity contribution in [1.82, 2.24) is 5.32 Å². The zero-order chi connectivity index (χ0) is 11.8. The molecule has 0 saturated carbocycles. The lowest BCUT2D eigenvalue weighted by molar-refractivity contribution is -0.122. The number of carbonyl (C=O) groups excluding carboxylic acids is 1. The standard InChI is InChI=1S/C12H25NO2/c1-5-10(6-2)7-12(15)13-8-11(14)9(3)4/h9-11,14H,5-8H2,1-4H3,(H,13,15). The van der Waals surface area contributed by atoms with Crippen LogP contribution in [0.3, 0.4) is 0 Å². The van der Waals surface area contributed by atoms with Crippen LogP contribution in [0.4, 0.5) is 0 Å². The molecule has 0 aliphatic carbocycles. The van der Waals surface area contributed by atoms with Gasteiger partial charge in [-0.3, -0.25) is 4.79 Å². The van der Waals surface area contributed by atoms with Gasteiger partial charge in [-0.25, -0.2) is 0 Å². The van der Waals surface area contributed by atoms with Crippen LogP contribution in [0.15, 0.2) is 0 Å². The van der Waals surface area contributed by atoms with E-state index in [1.807, 2.05) is 13.8 Å². The number of rotatable bonds is 7. The Morgan fingerprint density at radius 2 is 1.80 bits per heavy atom. The van der Waals surface area contributed by atoms with E-state index in [1.165, 1.54) is 0 Å². The molecule has 2 N–H and O–H groups in total. The van der Waals surface area contributed by atoms with Crippen molar-refractivity contribution in [3.8, 4) is 0 Å². The number of amides is 1. The lowest BCUT2D eigenvalue weighted by atomic mass is 9.99. The second-order valence-corrected chi connectivity index (χ2v) is 4.50. The molecule has 0 rings (SSSR count). The highest BCUT2D eigenvalue weighted by Gasteiger charge is 2.13. The summed E-state index contributed by atoms with van der Waals surface area (Å²) in [7, 11) is 0. The van der Waals surface area contributed by atoms with Gasteiger partial charge in [0.05, 0.1) is 6.10 Å². The van der Waals surface area contributed by atoms with E-state index >= 15 is 0 Å². The van der Waals surface area contributed by atoms with Crippen LogP contribution in [0.25, 0.3) is 0 Å². The van der Waals surface area contributed by atoms with Gasteiger partial charge in [-0.1, -0.05) is 40.5 Å². The summed E-state index contributed by atoms with van der Waals surface area (Å²) in [6.07, 6.45) is 2.22. The third kappa shape index (κ3) is 6.50. The van der Waals surface area contributed by atoms with Crippen LogP contribution in [-0.2, 0) is 4.79 Å². The molecule has 3 heteroatoms. The lowest BCUT2D eigenvalue weighted by Gasteiger charge is -2.16. The maximum atomic E-state index is 11.5. The average molecular weight is 215 g/mol. The van der Waals surface area contributed by atoms with Crippen LogP contribution in [-0.4, -0.2) is 23.7 Å². The molecule has 1 amide bonds. The Bertz CT molecular complexity index is 176. The molecular weight excluding hydrogens is 190 g/mol. The molecule has 0 heterocycles. The summed E-state index contributed by atoms with van der Waals surface area (Å²) >= 11 is 0. The zero-order valence-corrected chi connectivity index (χ0v) is 10.4. The van der Waals surface area contributed by atoms with Crippen LogP contribution < -0.4 is 5.32 Å². The lowest BCUT2D eigenvalue weighted by Crippen LogP contribution is -2.35. The molecule has 1 unspecified atom stereocenters. The van der Waals surface area contributed by atoms with Gasteiger partial charge in [0, 0.05) is 13.0 Å². The molecule has 0 bridgehead atoms. The van der Waals surface area contributed by atoms with Crippen molar-refractivity contribution >= 4 is 5.91 Å². The molecule has 0 fully saturated rings. The van der Waals surface area contributed by atoms with Gasteiger partial charge in [-0.2, -0.15) is 0 Å². The molecule has 3 nitrogen and oxygen atoms in total. The first-order chi connectivity index (χ1) is 7.01. The molecule has 0 aliphatic rings. The highest BCUT2D eigenvalue weighted by Crippen LogP contribution is 2.11. The van der Waals surface area contributed by atoms with Crippen molar-refractivity contribution in [2.45, 2.75) is 53.1 Å². The fourth-order valence-electron chi connectivity index (χ4n) is 1.37. The minimum absolute atomic E-state index is 0.0587. The van der Waals surface area contributed by atoms with Crippen molar-refractivity contribution in [3.63, 3.8) is 0 Å².